The minimum Gasteiger partial charge on any atom is -0.493 e. The Morgan fingerprint density at radius 2 is 1.34 bits per heavy atom. The van der Waals surface area contributed by atoms with Crippen LogP contribution < -0.4 is 24.8 Å². The molecule has 35 heavy (non-hydrogen) atoms. The molecule has 0 aliphatic heterocycles. The van der Waals surface area contributed by atoms with E-state index in [0.29, 0.717) is 23.7 Å². The van der Waals surface area contributed by atoms with Crippen LogP contribution in [0.1, 0.15) is 16.7 Å². The normalized spacial score (nSPS) is 11.2. The van der Waals surface area contributed by atoms with E-state index in [9.17, 15) is 9.59 Å². The number of carbonyl (C=O) groups excluding carboxylic acids is 2. The summed E-state index contributed by atoms with van der Waals surface area (Å²) in [6.07, 6.45) is -0.361. The lowest BCUT2D eigenvalue weighted by molar-refractivity contribution is -0.123. The average molecular weight is 479 g/mol. The summed E-state index contributed by atoms with van der Waals surface area (Å²) in [7, 11) is 4.58. The molecule has 0 aromatic heterocycles. The van der Waals surface area contributed by atoms with Gasteiger partial charge in [0.1, 0.15) is 12.6 Å². The highest BCUT2D eigenvalue weighted by Gasteiger charge is 2.22. The molecule has 3 aromatic rings. The number of alkyl carbamates (subject to hydrolysis) is 1. The number of amides is 2. The summed E-state index contributed by atoms with van der Waals surface area (Å²) in [5.74, 6) is 1.09. The first-order valence-corrected chi connectivity index (χ1v) is 11.1. The van der Waals surface area contributed by atoms with E-state index in [2.05, 4.69) is 10.6 Å². The van der Waals surface area contributed by atoms with Crippen LogP contribution in [0.3, 0.4) is 0 Å². The summed E-state index contributed by atoms with van der Waals surface area (Å²) in [6.45, 7) is 0.305. The molecule has 0 spiro atoms. The minimum atomic E-state index is -0.831. The van der Waals surface area contributed by atoms with E-state index in [4.69, 9.17) is 18.9 Å². The fraction of sp³-hybridized carbons (Fsp3) is 0.259. The van der Waals surface area contributed by atoms with E-state index in [1.807, 2.05) is 60.7 Å². The van der Waals surface area contributed by atoms with Crippen molar-refractivity contribution in [3.05, 3.63) is 89.5 Å². The predicted molar refractivity (Wildman–Crippen MR) is 132 cm³/mol. The van der Waals surface area contributed by atoms with E-state index >= 15 is 0 Å². The van der Waals surface area contributed by atoms with Gasteiger partial charge in [0, 0.05) is 13.0 Å². The lowest BCUT2D eigenvalue weighted by Crippen LogP contribution is -2.48. The number of carbonyl (C=O) groups is 2. The van der Waals surface area contributed by atoms with E-state index in [1.165, 1.54) is 21.3 Å². The Kier molecular flexibility index (Phi) is 9.36. The van der Waals surface area contributed by atoms with E-state index in [0.717, 1.165) is 16.7 Å². The second kappa shape index (κ2) is 12.9. The second-order valence-corrected chi connectivity index (χ2v) is 7.70. The highest BCUT2D eigenvalue weighted by atomic mass is 16.5. The van der Waals surface area contributed by atoms with Crippen LogP contribution >= 0.6 is 0 Å². The highest BCUT2D eigenvalue weighted by Crippen LogP contribution is 2.38. The molecule has 2 N–H and O–H groups in total. The van der Waals surface area contributed by atoms with Crippen molar-refractivity contribution in [2.24, 2.45) is 0 Å². The van der Waals surface area contributed by atoms with Crippen molar-refractivity contribution < 1.29 is 28.5 Å². The molecule has 3 aromatic carbocycles. The number of rotatable bonds is 11. The zero-order valence-corrected chi connectivity index (χ0v) is 20.1. The minimum absolute atomic E-state index is 0.109. The van der Waals surface area contributed by atoms with Gasteiger partial charge in [-0.05, 0) is 28.8 Å². The van der Waals surface area contributed by atoms with Crippen LogP contribution in [-0.2, 0) is 29.1 Å². The van der Waals surface area contributed by atoms with E-state index in [1.54, 1.807) is 12.1 Å². The van der Waals surface area contributed by atoms with E-state index < -0.39 is 12.1 Å². The maximum atomic E-state index is 13.1. The van der Waals surface area contributed by atoms with Crippen molar-refractivity contribution >= 4 is 12.0 Å². The molecule has 0 heterocycles. The lowest BCUT2D eigenvalue weighted by Gasteiger charge is -2.19. The van der Waals surface area contributed by atoms with Gasteiger partial charge >= 0.3 is 6.09 Å². The zero-order chi connectivity index (χ0) is 25.0. The molecule has 0 saturated carbocycles. The van der Waals surface area contributed by atoms with Gasteiger partial charge in [0.25, 0.3) is 0 Å². The molecule has 0 fully saturated rings. The molecular formula is C27H30N2O6. The molecule has 0 aliphatic rings. The van der Waals surface area contributed by atoms with Crippen molar-refractivity contribution in [1.29, 1.82) is 0 Å². The molecular weight excluding hydrogens is 448 g/mol. The summed E-state index contributed by atoms with van der Waals surface area (Å²) >= 11 is 0. The Bertz CT molecular complexity index is 1080. The Balaban J connectivity index is 1.68. The van der Waals surface area contributed by atoms with Gasteiger partial charge in [0.15, 0.2) is 11.5 Å². The van der Waals surface area contributed by atoms with Gasteiger partial charge in [-0.1, -0.05) is 60.7 Å². The summed E-state index contributed by atoms with van der Waals surface area (Å²) in [4.78, 5) is 25.6. The topological polar surface area (TPSA) is 95.1 Å². The number of hydrogen-bond acceptors (Lipinski definition) is 6. The highest BCUT2D eigenvalue weighted by molar-refractivity contribution is 5.86. The first kappa shape index (κ1) is 25.4. The molecule has 0 aliphatic carbocycles. The third-order valence-corrected chi connectivity index (χ3v) is 5.30. The third-order valence-electron chi connectivity index (χ3n) is 5.30. The van der Waals surface area contributed by atoms with Crippen molar-refractivity contribution in [2.75, 3.05) is 21.3 Å². The van der Waals surface area contributed by atoms with Gasteiger partial charge in [-0.25, -0.2) is 4.79 Å². The Morgan fingerprint density at radius 1 is 0.771 bits per heavy atom. The summed E-state index contributed by atoms with van der Waals surface area (Å²) in [5.41, 5.74) is 2.51. The zero-order valence-electron chi connectivity index (χ0n) is 20.1. The summed E-state index contributed by atoms with van der Waals surface area (Å²) in [5, 5.41) is 5.57. The van der Waals surface area contributed by atoms with Crippen LogP contribution in [0.2, 0.25) is 0 Å². The van der Waals surface area contributed by atoms with Crippen molar-refractivity contribution in [3.8, 4) is 17.2 Å². The molecule has 3 rings (SSSR count). The molecule has 8 heteroatoms. The molecule has 0 bridgehead atoms. The molecule has 184 valence electrons. The average Bonchev–Trinajstić information content (AvgIpc) is 2.90. The standard InChI is InChI=1S/C27H30N2O6/c1-32-23-15-21(16-24(33-2)25(23)34-3)17-28-26(30)22(14-19-10-6-4-7-11-19)29-27(31)35-18-20-12-8-5-9-13-20/h4-13,15-16,22H,14,17-18H2,1-3H3,(H,28,30)(H,29,31). The van der Waals surface area contributed by atoms with Crippen LogP contribution in [0.4, 0.5) is 4.79 Å². The number of nitrogens with one attached hydrogen (secondary N) is 2. The number of ether oxygens (including phenoxy) is 4. The second-order valence-electron chi connectivity index (χ2n) is 7.70. The van der Waals surface area contributed by atoms with Crippen molar-refractivity contribution in [1.82, 2.24) is 10.6 Å². The van der Waals surface area contributed by atoms with Crippen molar-refractivity contribution in [2.45, 2.75) is 25.6 Å². The molecule has 1 atom stereocenters. The first-order chi connectivity index (χ1) is 17.0. The van der Waals surface area contributed by atoms with Gasteiger partial charge in [-0.2, -0.15) is 0 Å². The summed E-state index contributed by atoms with van der Waals surface area (Å²) in [6, 6.07) is 21.5. The van der Waals surface area contributed by atoms with Gasteiger partial charge < -0.3 is 29.6 Å². The third kappa shape index (κ3) is 7.40. The number of hydrogen-bond donors (Lipinski definition) is 2. The monoisotopic (exact) mass is 478 g/mol. The lowest BCUT2D eigenvalue weighted by atomic mass is 10.1. The van der Waals surface area contributed by atoms with Gasteiger partial charge in [0.2, 0.25) is 11.7 Å². The summed E-state index contributed by atoms with van der Waals surface area (Å²) < 4.78 is 21.4. The molecule has 0 radical (unpaired) electrons. The van der Waals surface area contributed by atoms with Crippen molar-refractivity contribution in [3.63, 3.8) is 0 Å². The maximum Gasteiger partial charge on any atom is 0.408 e. The smallest absolute Gasteiger partial charge is 0.408 e. The molecule has 8 nitrogen and oxygen atoms in total. The molecule has 1 unspecified atom stereocenters. The Labute approximate surface area is 205 Å². The molecule has 2 amide bonds. The number of methoxy groups -OCH3 is 3. The van der Waals surface area contributed by atoms with Crippen LogP contribution in [0, 0.1) is 0 Å². The van der Waals surface area contributed by atoms with Crippen LogP contribution in [-0.4, -0.2) is 39.4 Å². The van der Waals surface area contributed by atoms with Gasteiger partial charge in [0.05, 0.1) is 21.3 Å². The fourth-order valence-electron chi connectivity index (χ4n) is 3.52. The number of benzene rings is 3. The SMILES string of the molecule is COc1cc(CNC(=O)C(Cc2ccccc2)NC(=O)OCc2ccccc2)cc(OC)c1OC. The van der Waals surface area contributed by atoms with Crippen LogP contribution in [0.5, 0.6) is 17.2 Å². The quantitative estimate of drug-likeness (QED) is 0.435. The largest absolute Gasteiger partial charge is 0.493 e. The maximum absolute atomic E-state index is 13.1. The van der Waals surface area contributed by atoms with Crippen LogP contribution in [0.25, 0.3) is 0 Å². The van der Waals surface area contributed by atoms with Crippen LogP contribution in [0.15, 0.2) is 72.8 Å². The fourth-order valence-corrected chi connectivity index (χ4v) is 3.52. The first-order valence-electron chi connectivity index (χ1n) is 11.1. The van der Waals surface area contributed by atoms with E-state index in [-0.39, 0.29) is 19.1 Å². The Hall–Kier alpha value is -4.20. The predicted octanol–water partition coefficient (Wildman–Crippen LogP) is 3.87. The van der Waals surface area contributed by atoms with Gasteiger partial charge in [-0.3, -0.25) is 4.79 Å². The Morgan fingerprint density at radius 3 is 1.89 bits per heavy atom. The molecule has 0 saturated heterocycles. The van der Waals surface area contributed by atoms with Gasteiger partial charge in [-0.15, -0.1) is 0 Å².